The fraction of sp³-hybridized carbons (Fsp3) is 0.318. The van der Waals surface area contributed by atoms with Gasteiger partial charge in [0.1, 0.15) is 11.6 Å². The van der Waals surface area contributed by atoms with Gasteiger partial charge in [0.15, 0.2) is 11.0 Å². The molecule has 1 saturated carbocycles. The summed E-state index contributed by atoms with van der Waals surface area (Å²) in [5.41, 5.74) is 0.598. The van der Waals surface area contributed by atoms with Crippen LogP contribution in [-0.2, 0) is 4.79 Å². The molecule has 0 radical (unpaired) electrons. The number of nitrogens with one attached hydrogen (secondary N) is 1. The lowest BCUT2D eigenvalue weighted by Gasteiger charge is -2.19. The normalized spacial score (nSPS) is 15.2. The monoisotopic (exact) mass is 462 g/mol. The van der Waals surface area contributed by atoms with Gasteiger partial charge in [-0.1, -0.05) is 48.3 Å². The van der Waals surface area contributed by atoms with Crippen molar-refractivity contribution in [2.24, 2.45) is 0 Å². The van der Waals surface area contributed by atoms with Gasteiger partial charge in [-0.05, 0) is 44.0 Å². The Bertz CT molecular complexity index is 1100. The Morgan fingerprint density at radius 2 is 1.94 bits per heavy atom. The first-order valence-electron chi connectivity index (χ1n) is 10.1. The number of rotatable bonds is 6. The molecule has 0 saturated heterocycles. The van der Waals surface area contributed by atoms with Crippen molar-refractivity contribution in [3.8, 4) is 11.4 Å². The summed E-state index contributed by atoms with van der Waals surface area (Å²) in [4.78, 5) is 12.6. The fourth-order valence-electron chi connectivity index (χ4n) is 3.71. The van der Waals surface area contributed by atoms with Gasteiger partial charge in [0, 0.05) is 17.7 Å². The molecule has 3 aromatic rings. The predicted octanol–water partition coefficient (Wildman–Crippen LogP) is 6.11. The number of hydrogen-bond acceptors (Lipinski definition) is 4. The maximum atomic E-state index is 13.9. The van der Waals surface area contributed by atoms with E-state index in [1.807, 2.05) is 18.2 Å². The summed E-state index contributed by atoms with van der Waals surface area (Å²) in [7, 11) is 0. The fourth-order valence-corrected chi connectivity index (χ4v) is 4.85. The minimum atomic E-state index is -0.693. The number of anilines is 1. The van der Waals surface area contributed by atoms with Crippen LogP contribution < -0.4 is 5.32 Å². The van der Waals surface area contributed by atoms with E-state index in [1.165, 1.54) is 11.8 Å². The van der Waals surface area contributed by atoms with Crippen molar-refractivity contribution in [3.63, 3.8) is 0 Å². The topological polar surface area (TPSA) is 59.8 Å². The minimum Gasteiger partial charge on any atom is -0.323 e. The van der Waals surface area contributed by atoms with Crippen LogP contribution in [0.5, 0.6) is 0 Å². The largest absolute Gasteiger partial charge is 0.323 e. The smallest absolute Gasteiger partial charge is 0.237 e. The number of benzene rings is 2. The van der Waals surface area contributed by atoms with Crippen LogP contribution in [0.25, 0.3) is 11.4 Å². The molecule has 1 N–H and O–H groups in total. The highest BCUT2D eigenvalue weighted by Gasteiger charge is 2.28. The first kappa shape index (κ1) is 21.8. The lowest BCUT2D eigenvalue weighted by molar-refractivity contribution is -0.115. The second-order valence-corrected chi connectivity index (χ2v) is 9.18. The summed E-state index contributed by atoms with van der Waals surface area (Å²) in [6, 6.07) is 10.6. The third-order valence-corrected chi connectivity index (χ3v) is 6.69. The predicted molar refractivity (Wildman–Crippen MR) is 118 cm³/mol. The van der Waals surface area contributed by atoms with Gasteiger partial charge in [-0.25, -0.2) is 8.78 Å². The number of aromatic nitrogens is 3. The van der Waals surface area contributed by atoms with Crippen LogP contribution in [0.15, 0.2) is 47.6 Å². The van der Waals surface area contributed by atoms with E-state index in [4.69, 9.17) is 11.6 Å². The molecule has 5 nitrogen and oxygen atoms in total. The van der Waals surface area contributed by atoms with E-state index in [0.717, 1.165) is 49.4 Å². The quantitative estimate of drug-likeness (QED) is 0.449. The standard InChI is InChI=1S/C22H21ClF2N4OS/c1-13(21(30)26-19-12-14(24)10-11-18(19)25)31-22-28-27-20(16-8-4-5-9-17(16)23)29(22)15-6-2-3-7-15/h4-5,8-13,15H,2-3,6-7H2,1H3,(H,26,30). The van der Waals surface area contributed by atoms with E-state index in [2.05, 4.69) is 20.1 Å². The highest BCUT2D eigenvalue weighted by atomic mass is 35.5. The molecule has 1 aliphatic rings. The van der Waals surface area contributed by atoms with Gasteiger partial charge in [-0.15, -0.1) is 10.2 Å². The first-order chi connectivity index (χ1) is 14.9. The summed E-state index contributed by atoms with van der Waals surface area (Å²) in [5.74, 6) is -1.09. The van der Waals surface area contributed by atoms with Crippen LogP contribution in [0, 0.1) is 11.6 Å². The van der Waals surface area contributed by atoms with Crippen LogP contribution in [0.2, 0.25) is 5.02 Å². The number of hydrogen-bond donors (Lipinski definition) is 1. The Hall–Kier alpha value is -2.45. The molecule has 0 spiro atoms. The van der Waals surface area contributed by atoms with Crippen molar-refractivity contribution in [1.29, 1.82) is 0 Å². The van der Waals surface area contributed by atoms with Crippen molar-refractivity contribution in [2.45, 2.75) is 49.1 Å². The average molecular weight is 463 g/mol. The Kier molecular flexibility index (Phi) is 6.57. The van der Waals surface area contributed by atoms with Gasteiger partial charge in [-0.3, -0.25) is 9.36 Å². The molecule has 162 valence electrons. The van der Waals surface area contributed by atoms with Gasteiger partial charge in [0.25, 0.3) is 0 Å². The van der Waals surface area contributed by atoms with Gasteiger partial charge in [0.2, 0.25) is 5.91 Å². The second kappa shape index (κ2) is 9.36. The zero-order valence-corrected chi connectivity index (χ0v) is 18.4. The molecule has 1 aliphatic carbocycles. The summed E-state index contributed by atoms with van der Waals surface area (Å²) in [6.45, 7) is 1.69. The van der Waals surface area contributed by atoms with E-state index < -0.39 is 22.8 Å². The molecule has 1 amide bonds. The molecule has 1 atom stereocenters. The molecule has 1 unspecified atom stereocenters. The van der Waals surface area contributed by atoms with Crippen molar-refractivity contribution in [1.82, 2.24) is 14.8 Å². The van der Waals surface area contributed by atoms with Gasteiger partial charge >= 0.3 is 0 Å². The molecule has 0 bridgehead atoms. The maximum absolute atomic E-state index is 13.9. The van der Waals surface area contributed by atoms with Gasteiger partial charge in [-0.2, -0.15) is 0 Å². The van der Waals surface area contributed by atoms with Crippen molar-refractivity contribution >= 4 is 35.0 Å². The molecule has 4 rings (SSSR count). The number of thioether (sulfide) groups is 1. The van der Waals surface area contributed by atoms with Crippen molar-refractivity contribution in [2.75, 3.05) is 5.32 Å². The Balaban J connectivity index is 1.60. The summed E-state index contributed by atoms with van der Waals surface area (Å²) < 4.78 is 29.4. The molecular weight excluding hydrogens is 442 g/mol. The van der Waals surface area contributed by atoms with Gasteiger partial charge in [0.05, 0.1) is 16.0 Å². The highest BCUT2D eigenvalue weighted by molar-refractivity contribution is 8.00. The van der Waals surface area contributed by atoms with Crippen LogP contribution in [0.1, 0.15) is 38.6 Å². The highest BCUT2D eigenvalue weighted by Crippen LogP contribution is 2.39. The molecular formula is C22H21ClF2N4OS. The molecule has 1 heterocycles. The number of carbonyl (C=O) groups excluding carboxylic acids is 1. The maximum Gasteiger partial charge on any atom is 0.237 e. The molecule has 0 aliphatic heterocycles. The molecule has 9 heteroatoms. The zero-order valence-electron chi connectivity index (χ0n) is 16.8. The number of halogens is 3. The minimum absolute atomic E-state index is 0.188. The Morgan fingerprint density at radius 3 is 2.68 bits per heavy atom. The van der Waals surface area contributed by atoms with E-state index in [0.29, 0.717) is 16.0 Å². The Labute approximate surface area is 188 Å². The number of carbonyl (C=O) groups is 1. The summed E-state index contributed by atoms with van der Waals surface area (Å²) >= 11 is 7.64. The molecule has 1 aromatic heterocycles. The lowest BCUT2D eigenvalue weighted by Crippen LogP contribution is -2.24. The van der Waals surface area contributed by atoms with E-state index in [-0.39, 0.29) is 11.7 Å². The van der Waals surface area contributed by atoms with E-state index >= 15 is 0 Å². The average Bonchev–Trinajstić information content (AvgIpc) is 3.41. The van der Waals surface area contributed by atoms with Crippen LogP contribution in [0.3, 0.4) is 0 Å². The van der Waals surface area contributed by atoms with E-state index in [1.54, 1.807) is 13.0 Å². The van der Waals surface area contributed by atoms with Crippen LogP contribution in [0.4, 0.5) is 14.5 Å². The molecule has 2 aromatic carbocycles. The third-order valence-electron chi connectivity index (χ3n) is 5.31. The van der Waals surface area contributed by atoms with E-state index in [9.17, 15) is 13.6 Å². The molecule has 31 heavy (non-hydrogen) atoms. The van der Waals surface area contributed by atoms with Gasteiger partial charge < -0.3 is 5.32 Å². The number of nitrogens with zero attached hydrogens (tertiary/aromatic N) is 3. The van der Waals surface area contributed by atoms with Crippen LogP contribution >= 0.6 is 23.4 Å². The van der Waals surface area contributed by atoms with Crippen molar-refractivity contribution in [3.05, 3.63) is 59.1 Å². The summed E-state index contributed by atoms with van der Waals surface area (Å²) in [6.07, 6.45) is 4.23. The SMILES string of the molecule is CC(Sc1nnc(-c2ccccc2Cl)n1C1CCCC1)C(=O)Nc1cc(F)ccc1F. The summed E-state index contributed by atoms with van der Waals surface area (Å²) in [5, 5.41) is 11.8. The van der Waals surface area contributed by atoms with Crippen molar-refractivity contribution < 1.29 is 13.6 Å². The number of amides is 1. The first-order valence-corrected chi connectivity index (χ1v) is 11.3. The third kappa shape index (κ3) is 4.75. The Morgan fingerprint density at radius 1 is 1.19 bits per heavy atom. The lowest BCUT2D eigenvalue weighted by atomic mass is 10.2. The zero-order chi connectivity index (χ0) is 22.0. The van der Waals surface area contributed by atoms with Crippen LogP contribution in [-0.4, -0.2) is 25.9 Å². The second-order valence-electron chi connectivity index (χ2n) is 7.47. The molecule has 1 fully saturated rings.